The Morgan fingerprint density at radius 2 is 2.00 bits per heavy atom. The fourth-order valence-corrected chi connectivity index (χ4v) is 3.92. The Kier molecular flexibility index (Phi) is 4.14. The molecular weight excluding hydrogens is 370 g/mol. The standard InChI is InChI=1S/C19H14ClN3O2S/c1-25-19(24)17-16(21)15(14-4-2-3-9-23(14)17)18-22-13(10-26-18)11-5-7-12(20)8-6-11/h2-10H,21H2,1H3. The second-order valence-corrected chi connectivity index (χ2v) is 6.92. The molecule has 5 nitrogen and oxygen atoms in total. The number of nitrogen functional groups attached to an aromatic ring is 1. The number of esters is 1. The lowest BCUT2D eigenvalue weighted by atomic mass is 10.2. The van der Waals surface area contributed by atoms with Crippen molar-refractivity contribution in [3.05, 3.63) is 64.8 Å². The van der Waals surface area contributed by atoms with E-state index in [1.165, 1.54) is 18.4 Å². The molecule has 7 heteroatoms. The first-order chi connectivity index (χ1) is 12.6. The van der Waals surface area contributed by atoms with Gasteiger partial charge < -0.3 is 14.9 Å². The number of rotatable bonds is 3. The van der Waals surface area contributed by atoms with Gasteiger partial charge in [-0.1, -0.05) is 29.8 Å². The largest absolute Gasteiger partial charge is 0.464 e. The molecule has 0 unspecified atom stereocenters. The van der Waals surface area contributed by atoms with E-state index in [1.54, 1.807) is 10.6 Å². The monoisotopic (exact) mass is 383 g/mol. The lowest BCUT2D eigenvalue weighted by molar-refractivity contribution is 0.0594. The number of nitrogens with two attached hydrogens (primary N) is 1. The first-order valence-electron chi connectivity index (χ1n) is 7.79. The van der Waals surface area contributed by atoms with Crippen LogP contribution in [0.3, 0.4) is 0 Å². The van der Waals surface area contributed by atoms with Gasteiger partial charge in [0.25, 0.3) is 0 Å². The van der Waals surface area contributed by atoms with Gasteiger partial charge in [-0.2, -0.15) is 0 Å². The van der Waals surface area contributed by atoms with Crippen LogP contribution in [0.4, 0.5) is 5.69 Å². The van der Waals surface area contributed by atoms with Crippen LogP contribution < -0.4 is 5.73 Å². The summed E-state index contributed by atoms with van der Waals surface area (Å²) in [4.78, 5) is 16.9. The molecule has 0 aliphatic carbocycles. The first-order valence-corrected chi connectivity index (χ1v) is 9.04. The lowest BCUT2D eigenvalue weighted by Crippen LogP contribution is -2.07. The maximum absolute atomic E-state index is 12.2. The molecule has 0 saturated carbocycles. The van der Waals surface area contributed by atoms with E-state index in [4.69, 9.17) is 27.1 Å². The molecule has 0 atom stereocenters. The fraction of sp³-hybridized carbons (Fsp3) is 0.0526. The van der Waals surface area contributed by atoms with Gasteiger partial charge in [0.05, 0.1) is 29.6 Å². The number of benzene rings is 1. The highest BCUT2D eigenvalue weighted by molar-refractivity contribution is 7.13. The number of ether oxygens (including phenoxy) is 1. The topological polar surface area (TPSA) is 69.6 Å². The van der Waals surface area contributed by atoms with Crippen molar-refractivity contribution in [1.82, 2.24) is 9.38 Å². The Balaban J connectivity index is 1.89. The van der Waals surface area contributed by atoms with Crippen LogP contribution in [0, 0.1) is 0 Å². The average molecular weight is 384 g/mol. The molecule has 26 heavy (non-hydrogen) atoms. The number of hydrogen-bond donors (Lipinski definition) is 1. The van der Waals surface area contributed by atoms with Gasteiger partial charge in [-0.15, -0.1) is 11.3 Å². The van der Waals surface area contributed by atoms with Crippen LogP contribution in [0.1, 0.15) is 10.5 Å². The summed E-state index contributed by atoms with van der Waals surface area (Å²) < 4.78 is 6.63. The zero-order chi connectivity index (χ0) is 18.3. The SMILES string of the molecule is COC(=O)c1c(N)c(-c2nc(-c3ccc(Cl)cc3)cs2)c2ccccn12. The highest BCUT2D eigenvalue weighted by Gasteiger charge is 2.24. The zero-order valence-electron chi connectivity index (χ0n) is 13.8. The van der Waals surface area contributed by atoms with E-state index >= 15 is 0 Å². The molecule has 0 amide bonds. The second kappa shape index (κ2) is 6.48. The van der Waals surface area contributed by atoms with Crippen LogP contribution in [0.5, 0.6) is 0 Å². The first kappa shape index (κ1) is 16.6. The number of halogens is 1. The molecule has 4 rings (SSSR count). The molecule has 3 heterocycles. The number of aromatic nitrogens is 2. The maximum Gasteiger partial charge on any atom is 0.357 e. The van der Waals surface area contributed by atoms with Gasteiger partial charge in [0.2, 0.25) is 0 Å². The second-order valence-electron chi connectivity index (χ2n) is 5.63. The molecule has 1 aromatic carbocycles. The van der Waals surface area contributed by atoms with Crippen LogP contribution in [0.2, 0.25) is 5.02 Å². The van der Waals surface area contributed by atoms with Gasteiger partial charge in [0, 0.05) is 22.2 Å². The van der Waals surface area contributed by atoms with E-state index in [9.17, 15) is 4.79 Å². The number of fused-ring (bicyclic) bond motifs is 1. The van der Waals surface area contributed by atoms with E-state index in [2.05, 4.69) is 0 Å². The highest BCUT2D eigenvalue weighted by Crippen LogP contribution is 2.39. The molecule has 0 aliphatic heterocycles. The van der Waals surface area contributed by atoms with Crippen molar-refractivity contribution in [2.24, 2.45) is 0 Å². The van der Waals surface area contributed by atoms with Crippen molar-refractivity contribution in [3.63, 3.8) is 0 Å². The van der Waals surface area contributed by atoms with Crippen LogP contribution in [0.25, 0.3) is 27.3 Å². The maximum atomic E-state index is 12.2. The minimum atomic E-state index is -0.482. The summed E-state index contributed by atoms with van der Waals surface area (Å²) in [6, 6.07) is 13.1. The van der Waals surface area contributed by atoms with Crippen LogP contribution in [0.15, 0.2) is 54.0 Å². The predicted molar refractivity (Wildman–Crippen MR) is 105 cm³/mol. The normalized spacial score (nSPS) is 11.0. The van der Waals surface area contributed by atoms with Crippen LogP contribution in [-0.4, -0.2) is 22.5 Å². The summed E-state index contributed by atoms with van der Waals surface area (Å²) in [7, 11) is 1.34. The number of nitrogens with zero attached hydrogens (tertiary/aromatic N) is 2. The highest BCUT2D eigenvalue weighted by atomic mass is 35.5. The van der Waals surface area contributed by atoms with E-state index in [-0.39, 0.29) is 0 Å². The van der Waals surface area contributed by atoms with Crippen molar-refractivity contribution in [2.45, 2.75) is 0 Å². The third kappa shape index (κ3) is 2.64. The van der Waals surface area contributed by atoms with Crippen molar-refractivity contribution in [2.75, 3.05) is 12.8 Å². The van der Waals surface area contributed by atoms with Crippen LogP contribution >= 0.6 is 22.9 Å². The number of pyridine rings is 1. The summed E-state index contributed by atoms with van der Waals surface area (Å²) in [5.74, 6) is -0.482. The zero-order valence-corrected chi connectivity index (χ0v) is 15.3. The molecule has 0 saturated heterocycles. The molecule has 0 fully saturated rings. The summed E-state index contributed by atoms with van der Waals surface area (Å²) in [6.45, 7) is 0. The molecule has 4 aromatic rings. The Morgan fingerprint density at radius 1 is 1.23 bits per heavy atom. The van der Waals surface area contributed by atoms with Gasteiger partial charge >= 0.3 is 5.97 Å². The molecule has 130 valence electrons. The Morgan fingerprint density at radius 3 is 2.73 bits per heavy atom. The average Bonchev–Trinajstić information content (AvgIpc) is 3.23. The smallest absolute Gasteiger partial charge is 0.357 e. The third-order valence-corrected chi connectivity index (χ3v) is 5.23. The van der Waals surface area contributed by atoms with Gasteiger partial charge in [0.1, 0.15) is 5.01 Å². The van der Waals surface area contributed by atoms with Gasteiger partial charge in [-0.3, -0.25) is 0 Å². The molecule has 0 bridgehead atoms. The number of methoxy groups -OCH3 is 1. The number of anilines is 1. The molecule has 0 aliphatic rings. The predicted octanol–water partition coefficient (Wildman–Crippen LogP) is 4.75. The molecule has 2 N–H and O–H groups in total. The number of thiazole rings is 1. The molecular formula is C19H14ClN3O2S. The molecule has 0 radical (unpaired) electrons. The Labute approximate surface area is 158 Å². The van der Waals surface area contributed by atoms with E-state index in [0.717, 1.165) is 27.3 Å². The van der Waals surface area contributed by atoms with Gasteiger partial charge in [0.15, 0.2) is 5.69 Å². The minimum absolute atomic E-state index is 0.307. The molecule has 0 spiro atoms. The lowest BCUT2D eigenvalue weighted by Gasteiger charge is -2.00. The van der Waals surface area contributed by atoms with Gasteiger partial charge in [-0.05, 0) is 24.3 Å². The summed E-state index contributed by atoms with van der Waals surface area (Å²) >= 11 is 7.43. The Hall–Kier alpha value is -2.83. The Bertz CT molecular complexity index is 1120. The quantitative estimate of drug-likeness (QED) is 0.518. The summed E-state index contributed by atoms with van der Waals surface area (Å²) in [6.07, 6.45) is 1.79. The van der Waals surface area contributed by atoms with E-state index in [1.807, 2.05) is 47.8 Å². The van der Waals surface area contributed by atoms with Gasteiger partial charge in [-0.25, -0.2) is 9.78 Å². The van der Waals surface area contributed by atoms with Crippen molar-refractivity contribution < 1.29 is 9.53 Å². The van der Waals surface area contributed by atoms with Crippen molar-refractivity contribution in [3.8, 4) is 21.8 Å². The van der Waals surface area contributed by atoms with Crippen molar-refractivity contribution in [1.29, 1.82) is 0 Å². The number of carbonyl (C=O) groups is 1. The fourth-order valence-electron chi connectivity index (χ4n) is 2.90. The third-order valence-electron chi connectivity index (χ3n) is 4.12. The number of carbonyl (C=O) groups excluding carboxylic acids is 1. The van der Waals surface area contributed by atoms with Crippen LogP contribution in [-0.2, 0) is 4.74 Å². The summed E-state index contributed by atoms with van der Waals surface area (Å²) in [5, 5.41) is 3.38. The summed E-state index contributed by atoms with van der Waals surface area (Å²) in [5.41, 5.74) is 10.3. The minimum Gasteiger partial charge on any atom is -0.464 e. The van der Waals surface area contributed by atoms with E-state index in [0.29, 0.717) is 16.4 Å². The number of hydrogen-bond acceptors (Lipinski definition) is 5. The molecule has 3 aromatic heterocycles. The van der Waals surface area contributed by atoms with E-state index < -0.39 is 5.97 Å². The van der Waals surface area contributed by atoms with Crippen molar-refractivity contribution >= 4 is 40.1 Å².